The molecule has 0 saturated carbocycles. The number of hydrogen-bond donors (Lipinski definition) is 0. The van der Waals surface area contributed by atoms with Crippen molar-refractivity contribution in [2.24, 2.45) is 0 Å². The number of ketones is 1. The lowest BCUT2D eigenvalue weighted by Gasteiger charge is -2.22. The minimum absolute atomic E-state index is 0.105. The fourth-order valence-electron chi connectivity index (χ4n) is 2.54. The van der Waals surface area contributed by atoms with E-state index in [1.54, 1.807) is 0 Å². The van der Waals surface area contributed by atoms with Crippen LogP contribution >= 0.6 is 0 Å². The smallest absolute Gasteiger partial charge is 0.293 e. The van der Waals surface area contributed by atoms with Gasteiger partial charge < -0.3 is 4.52 Å². The second-order valence-corrected chi connectivity index (χ2v) is 4.66. The Morgan fingerprint density at radius 1 is 1.39 bits per heavy atom. The van der Waals surface area contributed by atoms with E-state index >= 15 is 0 Å². The van der Waals surface area contributed by atoms with Crippen LogP contribution in [0, 0.1) is 0 Å². The zero-order valence-corrected chi connectivity index (χ0v) is 10.2. The van der Waals surface area contributed by atoms with Crippen molar-refractivity contribution < 1.29 is 9.32 Å². The Kier molecular flexibility index (Phi) is 2.70. The minimum atomic E-state index is -0.183. The largest absolute Gasteiger partial charge is 0.331 e. The molecule has 1 aromatic carbocycles. The van der Waals surface area contributed by atoms with E-state index in [2.05, 4.69) is 28.3 Å². The quantitative estimate of drug-likeness (QED) is 0.760. The number of aryl methyl sites for hydroxylation is 1. The van der Waals surface area contributed by atoms with Gasteiger partial charge in [0.1, 0.15) is 0 Å². The van der Waals surface area contributed by atoms with Gasteiger partial charge in [-0.3, -0.25) is 4.79 Å². The molecule has 0 bridgehead atoms. The second-order valence-electron chi connectivity index (χ2n) is 4.66. The number of carbonyl (C=O) groups is 1. The van der Waals surface area contributed by atoms with E-state index in [0.717, 1.165) is 19.3 Å². The fourth-order valence-corrected chi connectivity index (χ4v) is 2.54. The molecule has 0 fully saturated rings. The summed E-state index contributed by atoms with van der Waals surface area (Å²) in [7, 11) is 0. The number of carbonyl (C=O) groups excluding carboxylic acids is 1. The third kappa shape index (κ3) is 1.83. The number of benzene rings is 1. The number of nitrogens with zero attached hydrogens (tertiary/aromatic N) is 2. The lowest BCUT2D eigenvalue weighted by Crippen LogP contribution is -2.12. The maximum atomic E-state index is 11.2. The van der Waals surface area contributed by atoms with Gasteiger partial charge in [0.05, 0.1) is 0 Å². The van der Waals surface area contributed by atoms with Crippen molar-refractivity contribution in [1.29, 1.82) is 0 Å². The molecule has 1 aromatic heterocycles. The van der Waals surface area contributed by atoms with Crippen molar-refractivity contribution in [2.75, 3.05) is 0 Å². The first-order valence-electron chi connectivity index (χ1n) is 6.18. The van der Waals surface area contributed by atoms with Gasteiger partial charge >= 0.3 is 0 Å². The Labute approximate surface area is 105 Å². The van der Waals surface area contributed by atoms with Gasteiger partial charge in [-0.05, 0) is 30.4 Å². The van der Waals surface area contributed by atoms with Crippen molar-refractivity contribution in [2.45, 2.75) is 32.1 Å². The lowest BCUT2D eigenvalue weighted by atomic mass is 9.82. The van der Waals surface area contributed by atoms with Crippen molar-refractivity contribution in [3.63, 3.8) is 0 Å². The predicted octanol–water partition coefficient (Wildman–Crippen LogP) is 2.74. The summed E-state index contributed by atoms with van der Waals surface area (Å²) < 4.78 is 4.98. The SMILES string of the molecule is CC(=O)c1nc(C2CCCc3ccccc32)no1. The van der Waals surface area contributed by atoms with Crippen LogP contribution < -0.4 is 0 Å². The summed E-state index contributed by atoms with van der Waals surface area (Å²) >= 11 is 0. The first-order valence-corrected chi connectivity index (χ1v) is 6.18. The first kappa shape index (κ1) is 11.1. The summed E-state index contributed by atoms with van der Waals surface area (Å²) in [5, 5.41) is 3.95. The van der Waals surface area contributed by atoms with E-state index in [9.17, 15) is 4.79 Å². The van der Waals surface area contributed by atoms with Crippen LogP contribution in [0.2, 0.25) is 0 Å². The molecule has 0 N–H and O–H groups in total. The van der Waals surface area contributed by atoms with E-state index in [4.69, 9.17) is 4.52 Å². The summed E-state index contributed by atoms with van der Waals surface area (Å²) in [6, 6.07) is 8.35. The van der Waals surface area contributed by atoms with Crippen LogP contribution in [0.4, 0.5) is 0 Å². The van der Waals surface area contributed by atoms with E-state index in [1.165, 1.54) is 18.1 Å². The van der Waals surface area contributed by atoms with Gasteiger partial charge in [-0.1, -0.05) is 29.4 Å². The van der Waals surface area contributed by atoms with Gasteiger partial charge in [0.15, 0.2) is 5.82 Å². The van der Waals surface area contributed by atoms with Gasteiger partial charge in [-0.25, -0.2) is 0 Å². The highest BCUT2D eigenvalue weighted by atomic mass is 16.5. The van der Waals surface area contributed by atoms with Crippen molar-refractivity contribution in [3.8, 4) is 0 Å². The van der Waals surface area contributed by atoms with Crippen LogP contribution in [0.5, 0.6) is 0 Å². The zero-order valence-electron chi connectivity index (χ0n) is 10.2. The van der Waals surface area contributed by atoms with Crippen molar-refractivity contribution >= 4 is 5.78 Å². The molecular weight excluding hydrogens is 228 g/mol. The van der Waals surface area contributed by atoms with Crippen LogP contribution in [-0.2, 0) is 6.42 Å². The second kappa shape index (κ2) is 4.37. The van der Waals surface area contributed by atoms with Gasteiger partial charge in [0.25, 0.3) is 5.89 Å². The molecule has 0 saturated heterocycles. The standard InChI is InChI=1S/C14H14N2O2/c1-9(17)14-15-13(16-18-14)12-8-4-6-10-5-2-3-7-11(10)12/h2-3,5,7,12H,4,6,8H2,1H3. The van der Waals surface area contributed by atoms with Crippen molar-refractivity contribution in [3.05, 3.63) is 47.1 Å². The number of aromatic nitrogens is 2. The van der Waals surface area contributed by atoms with Gasteiger partial charge in [0, 0.05) is 12.8 Å². The Hall–Kier alpha value is -1.97. The Morgan fingerprint density at radius 3 is 3.00 bits per heavy atom. The molecule has 0 aliphatic heterocycles. The van der Waals surface area contributed by atoms with Crippen LogP contribution in [-0.4, -0.2) is 15.9 Å². The summed E-state index contributed by atoms with van der Waals surface area (Å²) in [6.07, 6.45) is 3.23. The molecule has 92 valence electrons. The number of hydrogen-bond acceptors (Lipinski definition) is 4. The molecule has 1 aliphatic carbocycles. The molecule has 18 heavy (non-hydrogen) atoms. The van der Waals surface area contributed by atoms with Gasteiger partial charge in [0.2, 0.25) is 5.78 Å². The predicted molar refractivity (Wildman–Crippen MR) is 65.5 cm³/mol. The van der Waals surface area contributed by atoms with Gasteiger partial charge in [-0.15, -0.1) is 0 Å². The maximum Gasteiger partial charge on any atom is 0.293 e. The zero-order chi connectivity index (χ0) is 12.5. The molecule has 1 atom stereocenters. The number of rotatable bonds is 2. The normalized spacial score (nSPS) is 18.4. The number of fused-ring (bicyclic) bond motifs is 1. The molecule has 1 aliphatic rings. The number of Topliss-reactive ketones (excluding diaryl/α,β-unsaturated/α-hetero) is 1. The summed E-state index contributed by atoms with van der Waals surface area (Å²) in [4.78, 5) is 15.4. The van der Waals surface area contributed by atoms with E-state index in [0.29, 0.717) is 5.82 Å². The third-order valence-corrected chi connectivity index (χ3v) is 3.42. The molecule has 1 heterocycles. The molecule has 3 rings (SSSR count). The molecule has 0 spiro atoms. The highest BCUT2D eigenvalue weighted by molar-refractivity contribution is 5.89. The van der Waals surface area contributed by atoms with Crippen LogP contribution in [0.15, 0.2) is 28.8 Å². The van der Waals surface area contributed by atoms with E-state index in [-0.39, 0.29) is 17.6 Å². The summed E-state index contributed by atoms with van der Waals surface area (Å²) in [5.41, 5.74) is 2.61. The lowest BCUT2D eigenvalue weighted by molar-refractivity contribution is 0.0972. The molecule has 0 amide bonds. The van der Waals surface area contributed by atoms with Crippen molar-refractivity contribution in [1.82, 2.24) is 10.1 Å². The molecule has 2 aromatic rings. The highest BCUT2D eigenvalue weighted by Gasteiger charge is 2.26. The first-order chi connectivity index (χ1) is 8.75. The molecule has 4 nitrogen and oxygen atoms in total. The van der Waals surface area contributed by atoms with Crippen LogP contribution in [0.1, 0.15) is 53.3 Å². The molecule has 0 radical (unpaired) electrons. The monoisotopic (exact) mass is 242 g/mol. The van der Waals surface area contributed by atoms with E-state index in [1.807, 2.05) is 6.07 Å². The Morgan fingerprint density at radius 2 is 2.22 bits per heavy atom. The Balaban J connectivity index is 2.00. The third-order valence-electron chi connectivity index (χ3n) is 3.42. The highest BCUT2D eigenvalue weighted by Crippen LogP contribution is 2.34. The Bertz CT molecular complexity index is 589. The molecule has 4 heteroatoms. The molecular formula is C14H14N2O2. The maximum absolute atomic E-state index is 11.2. The average Bonchev–Trinajstić information content (AvgIpc) is 2.87. The van der Waals surface area contributed by atoms with Crippen LogP contribution in [0.25, 0.3) is 0 Å². The summed E-state index contributed by atoms with van der Waals surface area (Å²) in [5.74, 6) is 0.713. The minimum Gasteiger partial charge on any atom is -0.331 e. The molecule has 1 unspecified atom stereocenters. The van der Waals surface area contributed by atoms with Crippen LogP contribution in [0.3, 0.4) is 0 Å². The average molecular weight is 242 g/mol. The summed E-state index contributed by atoms with van der Waals surface area (Å²) in [6.45, 7) is 1.44. The van der Waals surface area contributed by atoms with E-state index < -0.39 is 0 Å². The topological polar surface area (TPSA) is 56.0 Å². The van der Waals surface area contributed by atoms with Gasteiger partial charge in [-0.2, -0.15) is 4.98 Å². The fraction of sp³-hybridized carbons (Fsp3) is 0.357.